The molecule has 2 aromatic carbocycles. The highest BCUT2D eigenvalue weighted by molar-refractivity contribution is 8.26. The second-order valence-corrected chi connectivity index (χ2v) is 9.21. The van der Waals surface area contributed by atoms with Crippen LogP contribution in [0.15, 0.2) is 47.4 Å². The van der Waals surface area contributed by atoms with Crippen molar-refractivity contribution in [2.24, 2.45) is 0 Å². The quantitative estimate of drug-likeness (QED) is 0.138. The first kappa shape index (κ1) is 23.9. The highest BCUT2D eigenvalue weighted by atomic mass is 32.2. The molecule has 2 saturated heterocycles. The lowest BCUT2D eigenvalue weighted by molar-refractivity contribution is -0.384. The molecule has 176 valence electrons. The summed E-state index contributed by atoms with van der Waals surface area (Å²) in [6.45, 7) is 1.14. The average molecular weight is 501 g/mol. The number of nitrogens with zero attached hydrogens (tertiary/aromatic N) is 2. The van der Waals surface area contributed by atoms with E-state index in [9.17, 15) is 19.7 Å². The van der Waals surface area contributed by atoms with Gasteiger partial charge in [0.05, 0.1) is 35.2 Å². The molecule has 2 aliphatic heterocycles. The largest absolute Gasteiger partial charge is 0.493 e. The summed E-state index contributed by atoms with van der Waals surface area (Å²) in [6.07, 6.45) is 3.59. The van der Waals surface area contributed by atoms with E-state index in [1.807, 2.05) is 0 Å². The smallest absolute Gasteiger partial charge is 0.343 e. The van der Waals surface area contributed by atoms with E-state index < -0.39 is 10.9 Å². The summed E-state index contributed by atoms with van der Waals surface area (Å²) in [4.78, 5) is 37.7. The Morgan fingerprint density at radius 2 is 2.15 bits per heavy atom. The summed E-state index contributed by atoms with van der Waals surface area (Å²) in [7, 11) is 1.42. The Morgan fingerprint density at radius 3 is 2.85 bits per heavy atom. The summed E-state index contributed by atoms with van der Waals surface area (Å²) < 4.78 is 16.8. The Morgan fingerprint density at radius 1 is 1.32 bits per heavy atom. The van der Waals surface area contributed by atoms with Crippen molar-refractivity contribution in [3.8, 4) is 11.5 Å². The molecule has 0 aliphatic carbocycles. The number of thioether (sulfide) groups is 1. The van der Waals surface area contributed by atoms with E-state index in [0.717, 1.165) is 18.9 Å². The van der Waals surface area contributed by atoms with E-state index in [2.05, 4.69) is 0 Å². The maximum absolute atomic E-state index is 12.9. The number of thiocarbonyl (C=S) groups is 1. The number of carbonyl (C=O) groups is 2. The number of non-ortho nitro benzene ring substituents is 1. The van der Waals surface area contributed by atoms with Crippen molar-refractivity contribution in [3.05, 3.63) is 68.6 Å². The number of amides is 1. The third-order valence-electron chi connectivity index (χ3n) is 5.26. The van der Waals surface area contributed by atoms with E-state index in [1.54, 1.807) is 23.1 Å². The van der Waals surface area contributed by atoms with Crippen LogP contribution in [-0.4, -0.2) is 52.4 Å². The first-order chi connectivity index (χ1) is 16.4. The highest BCUT2D eigenvalue weighted by Crippen LogP contribution is 2.35. The molecule has 0 N–H and O–H groups in total. The first-order valence-corrected chi connectivity index (χ1v) is 11.6. The number of rotatable bonds is 7. The maximum Gasteiger partial charge on any atom is 0.343 e. The number of hydrogen-bond donors (Lipinski definition) is 0. The topological polar surface area (TPSA) is 108 Å². The molecular formula is C23H20N2O7S2. The lowest BCUT2D eigenvalue weighted by Crippen LogP contribution is -2.35. The molecule has 34 heavy (non-hydrogen) atoms. The Kier molecular flexibility index (Phi) is 7.25. The van der Waals surface area contributed by atoms with E-state index in [4.69, 9.17) is 26.4 Å². The van der Waals surface area contributed by atoms with Crippen molar-refractivity contribution in [1.82, 2.24) is 4.90 Å². The van der Waals surface area contributed by atoms with Crippen LogP contribution in [0.4, 0.5) is 5.69 Å². The molecule has 4 rings (SSSR count). The fraction of sp³-hybridized carbons (Fsp3) is 0.261. The van der Waals surface area contributed by atoms with Gasteiger partial charge in [0.2, 0.25) is 0 Å². The number of nitro benzene ring substituents is 1. The van der Waals surface area contributed by atoms with Crippen LogP contribution in [0.5, 0.6) is 11.5 Å². The van der Waals surface area contributed by atoms with Gasteiger partial charge < -0.3 is 14.2 Å². The van der Waals surface area contributed by atoms with Gasteiger partial charge in [-0.3, -0.25) is 19.8 Å². The van der Waals surface area contributed by atoms with Crippen molar-refractivity contribution in [3.63, 3.8) is 0 Å². The fourth-order valence-corrected chi connectivity index (χ4v) is 4.84. The molecule has 0 aromatic heterocycles. The van der Waals surface area contributed by atoms with Crippen molar-refractivity contribution < 1.29 is 28.7 Å². The predicted octanol–water partition coefficient (Wildman–Crippen LogP) is 4.20. The van der Waals surface area contributed by atoms with Crippen LogP contribution >= 0.6 is 24.0 Å². The SMILES string of the molecule is COc1cc(/C=C2/SC(=S)N(C[C@@H]3CCCO3)C2=O)ccc1OC(=O)c1cccc([N+](=O)[O-])c1. The summed E-state index contributed by atoms with van der Waals surface area (Å²) >= 11 is 6.60. The Hall–Kier alpha value is -3.28. The van der Waals surface area contributed by atoms with Crippen LogP contribution < -0.4 is 9.47 Å². The molecule has 1 amide bonds. The molecule has 2 fully saturated rings. The third-order valence-corrected chi connectivity index (χ3v) is 6.64. The van der Waals surface area contributed by atoms with Gasteiger partial charge in [-0.25, -0.2) is 4.79 Å². The van der Waals surface area contributed by atoms with Crippen molar-refractivity contribution >= 4 is 51.9 Å². The molecule has 2 aliphatic rings. The number of esters is 1. The van der Waals surface area contributed by atoms with Gasteiger partial charge >= 0.3 is 5.97 Å². The van der Waals surface area contributed by atoms with Gasteiger partial charge in [0.1, 0.15) is 4.32 Å². The van der Waals surface area contributed by atoms with Crippen molar-refractivity contribution in [2.75, 3.05) is 20.3 Å². The fourth-order valence-electron chi connectivity index (χ4n) is 3.56. The number of methoxy groups -OCH3 is 1. The monoisotopic (exact) mass is 500 g/mol. The molecule has 0 radical (unpaired) electrons. The lowest BCUT2D eigenvalue weighted by atomic mass is 10.1. The number of hydrogen-bond acceptors (Lipinski definition) is 9. The van der Waals surface area contributed by atoms with Crippen molar-refractivity contribution in [1.29, 1.82) is 0 Å². The minimum absolute atomic E-state index is 0.00182. The standard InChI is InChI=1S/C23H20N2O7S2/c1-30-19-10-14(11-20-21(26)24(23(33)34-20)13-17-6-3-9-31-17)7-8-18(19)32-22(27)15-4-2-5-16(12-15)25(28)29/h2,4-5,7-8,10-12,17H,3,6,9,13H2,1H3/b20-11+/t17-/m0/s1. The lowest BCUT2D eigenvalue weighted by Gasteiger charge is -2.18. The van der Waals surface area contributed by atoms with Crippen LogP contribution in [0.3, 0.4) is 0 Å². The number of benzene rings is 2. The molecular weight excluding hydrogens is 480 g/mol. The molecule has 1 atom stereocenters. The molecule has 9 nitrogen and oxygen atoms in total. The van der Waals surface area contributed by atoms with Crippen LogP contribution in [-0.2, 0) is 9.53 Å². The van der Waals surface area contributed by atoms with Crippen LogP contribution in [0.1, 0.15) is 28.8 Å². The van der Waals surface area contributed by atoms with Crippen molar-refractivity contribution in [2.45, 2.75) is 18.9 Å². The molecule has 2 aromatic rings. The highest BCUT2D eigenvalue weighted by Gasteiger charge is 2.34. The second kappa shape index (κ2) is 10.3. The van der Waals surface area contributed by atoms with E-state index in [0.29, 0.717) is 27.9 Å². The maximum atomic E-state index is 12.9. The van der Waals surface area contributed by atoms with Crippen LogP contribution in [0.2, 0.25) is 0 Å². The van der Waals surface area contributed by atoms with Gasteiger partial charge in [-0.2, -0.15) is 0 Å². The van der Waals surface area contributed by atoms with Gasteiger partial charge in [0, 0.05) is 18.7 Å². The van der Waals surface area contributed by atoms with E-state index in [-0.39, 0.29) is 34.8 Å². The summed E-state index contributed by atoms with van der Waals surface area (Å²) in [6, 6.07) is 10.1. The molecule has 0 bridgehead atoms. The minimum Gasteiger partial charge on any atom is -0.493 e. The predicted molar refractivity (Wildman–Crippen MR) is 130 cm³/mol. The zero-order chi connectivity index (χ0) is 24.2. The summed E-state index contributed by atoms with van der Waals surface area (Å²) in [5.74, 6) is -0.528. The van der Waals surface area contributed by atoms with Gasteiger partial charge in [-0.15, -0.1) is 0 Å². The molecule has 2 heterocycles. The molecule has 0 saturated carbocycles. The second-order valence-electron chi connectivity index (χ2n) is 7.53. The van der Waals surface area contributed by atoms with Gasteiger partial charge in [-0.1, -0.05) is 36.1 Å². The number of carbonyl (C=O) groups excluding carboxylic acids is 2. The van der Waals surface area contributed by atoms with E-state index >= 15 is 0 Å². The van der Waals surface area contributed by atoms with E-state index in [1.165, 1.54) is 43.1 Å². The zero-order valence-electron chi connectivity index (χ0n) is 18.1. The Labute approximate surface area is 204 Å². The third kappa shape index (κ3) is 5.27. The summed E-state index contributed by atoms with van der Waals surface area (Å²) in [5.41, 5.74) is 0.480. The molecule has 11 heteroatoms. The van der Waals surface area contributed by atoms with Crippen LogP contribution in [0.25, 0.3) is 6.08 Å². The zero-order valence-corrected chi connectivity index (χ0v) is 19.7. The van der Waals surface area contributed by atoms with Gasteiger partial charge in [-0.05, 0) is 42.7 Å². The number of nitro groups is 1. The average Bonchev–Trinajstić information content (AvgIpc) is 3.44. The minimum atomic E-state index is -0.759. The molecule has 0 spiro atoms. The Bertz CT molecular complexity index is 1190. The Balaban J connectivity index is 1.50. The molecule has 0 unspecified atom stereocenters. The number of ether oxygens (including phenoxy) is 3. The van der Waals surface area contributed by atoms with Crippen LogP contribution in [0, 0.1) is 10.1 Å². The van der Waals surface area contributed by atoms with Gasteiger partial charge in [0.25, 0.3) is 11.6 Å². The normalized spacial score (nSPS) is 19.0. The van der Waals surface area contributed by atoms with Gasteiger partial charge in [0.15, 0.2) is 11.5 Å². The first-order valence-electron chi connectivity index (χ1n) is 10.4. The summed E-state index contributed by atoms with van der Waals surface area (Å²) in [5, 5.41) is 10.9.